The Morgan fingerprint density at radius 3 is 2.60 bits per heavy atom. The largest absolute Gasteiger partial charge is 0.468 e. The minimum Gasteiger partial charge on any atom is -0.468 e. The minimum absolute atomic E-state index is 0.305. The fourth-order valence-electron chi connectivity index (χ4n) is 1.92. The monoisotopic (exact) mass is 334 g/mol. The van der Waals surface area contributed by atoms with Gasteiger partial charge in [0.05, 0.1) is 12.8 Å². The number of carbonyl (C=O) groups excluding carboxylic acids is 1. The Labute approximate surface area is 126 Å². The van der Waals surface area contributed by atoms with E-state index in [9.17, 15) is 4.79 Å². The highest BCUT2D eigenvalue weighted by atomic mass is 79.9. The Morgan fingerprint density at radius 1 is 1.30 bits per heavy atom. The molecule has 0 aliphatic rings. The molecule has 1 aromatic heterocycles. The van der Waals surface area contributed by atoms with Crippen LogP contribution >= 0.6 is 15.9 Å². The fraction of sp³-hybridized carbons (Fsp3) is 0.267. The van der Waals surface area contributed by atoms with Gasteiger partial charge in [0.25, 0.3) is 0 Å². The molecule has 2 rings (SSSR count). The van der Waals surface area contributed by atoms with Crippen LogP contribution in [0.15, 0.2) is 41.0 Å². The Morgan fingerprint density at radius 2 is 2.00 bits per heavy atom. The van der Waals surface area contributed by atoms with Gasteiger partial charge in [0, 0.05) is 16.2 Å². The van der Waals surface area contributed by atoms with Gasteiger partial charge < -0.3 is 4.74 Å². The van der Waals surface area contributed by atoms with Gasteiger partial charge in [-0.15, -0.1) is 0 Å². The first-order valence-corrected chi connectivity index (χ1v) is 7.11. The highest BCUT2D eigenvalue weighted by Crippen LogP contribution is 2.23. The van der Waals surface area contributed by atoms with Crippen molar-refractivity contribution in [2.75, 3.05) is 7.11 Å². The molecule has 0 N–H and O–H groups in total. The number of rotatable bonds is 4. The zero-order chi connectivity index (χ0) is 14.5. The normalized spacial score (nSPS) is 11.9. The van der Waals surface area contributed by atoms with Gasteiger partial charge in [0.15, 0.2) is 0 Å². The lowest BCUT2D eigenvalue weighted by atomic mass is 10.1. The number of halogens is 1. The summed E-state index contributed by atoms with van der Waals surface area (Å²) < 4.78 is 5.80. The number of aromatic nitrogens is 2. The molecule has 1 heterocycles. The van der Waals surface area contributed by atoms with Crippen LogP contribution in [-0.4, -0.2) is 23.0 Å². The fourth-order valence-corrected chi connectivity index (χ4v) is 2.18. The second kappa shape index (κ2) is 6.61. The molecule has 0 radical (unpaired) electrons. The topological polar surface area (TPSA) is 52.1 Å². The molecule has 2 aromatic rings. The van der Waals surface area contributed by atoms with Crippen LogP contribution in [0.3, 0.4) is 0 Å². The first-order valence-electron chi connectivity index (χ1n) is 6.32. The zero-order valence-corrected chi connectivity index (χ0v) is 12.9. The number of hydrogen-bond acceptors (Lipinski definition) is 4. The molecule has 104 valence electrons. The van der Waals surface area contributed by atoms with E-state index in [4.69, 9.17) is 4.74 Å². The number of hydrogen-bond donors (Lipinski definition) is 0. The average Bonchev–Trinajstić information content (AvgIpc) is 2.49. The maximum Gasteiger partial charge on any atom is 0.316 e. The van der Waals surface area contributed by atoms with Crippen molar-refractivity contribution < 1.29 is 9.53 Å². The van der Waals surface area contributed by atoms with Crippen molar-refractivity contribution in [3.63, 3.8) is 0 Å². The Balaban J connectivity index is 2.36. The van der Waals surface area contributed by atoms with Gasteiger partial charge in [0.2, 0.25) is 0 Å². The third-order valence-corrected chi connectivity index (χ3v) is 3.55. The van der Waals surface area contributed by atoms with Crippen molar-refractivity contribution in [3.8, 4) is 11.3 Å². The zero-order valence-electron chi connectivity index (χ0n) is 11.3. The van der Waals surface area contributed by atoms with Gasteiger partial charge in [0.1, 0.15) is 11.7 Å². The molecular weight excluding hydrogens is 320 g/mol. The molecular formula is C15H15BrN2O2. The maximum absolute atomic E-state index is 11.7. The predicted octanol–water partition coefficient (Wildman–Crippen LogP) is 3.57. The quantitative estimate of drug-likeness (QED) is 0.802. The van der Waals surface area contributed by atoms with Gasteiger partial charge >= 0.3 is 5.97 Å². The van der Waals surface area contributed by atoms with Crippen molar-refractivity contribution in [2.24, 2.45) is 0 Å². The number of methoxy groups -OCH3 is 1. The first-order chi connectivity index (χ1) is 9.65. The third-order valence-electron chi connectivity index (χ3n) is 3.02. The summed E-state index contributed by atoms with van der Waals surface area (Å²) in [5.74, 6) is -0.226. The van der Waals surface area contributed by atoms with Gasteiger partial charge in [-0.25, -0.2) is 9.97 Å². The molecule has 0 aliphatic carbocycles. The van der Waals surface area contributed by atoms with E-state index in [-0.39, 0.29) is 5.97 Å². The molecule has 0 aliphatic heterocycles. The third kappa shape index (κ3) is 3.22. The predicted molar refractivity (Wildman–Crippen MR) is 80.2 cm³/mol. The van der Waals surface area contributed by atoms with Crippen LogP contribution in [0.25, 0.3) is 11.3 Å². The van der Waals surface area contributed by atoms with Crippen molar-refractivity contribution in [1.29, 1.82) is 0 Å². The van der Waals surface area contributed by atoms with Crippen LogP contribution in [0.2, 0.25) is 0 Å². The van der Waals surface area contributed by atoms with Gasteiger partial charge in [-0.05, 0) is 24.6 Å². The molecule has 0 fully saturated rings. The van der Waals surface area contributed by atoms with Gasteiger partial charge in [-0.3, -0.25) is 4.79 Å². The number of carbonyl (C=O) groups is 1. The second-order valence-electron chi connectivity index (χ2n) is 4.29. The van der Waals surface area contributed by atoms with E-state index in [0.717, 1.165) is 15.7 Å². The smallest absolute Gasteiger partial charge is 0.316 e. The van der Waals surface area contributed by atoms with Crippen molar-refractivity contribution >= 4 is 21.9 Å². The lowest BCUT2D eigenvalue weighted by Gasteiger charge is -2.11. The highest BCUT2D eigenvalue weighted by Gasteiger charge is 2.22. The van der Waals surface area contributed by atoms with Crippen LogP contribution in [0.1, 0.15) is 25.1 Å². The maximum atomic E-state index is 11.7. The van der Waals surface area contributed by atoms with Crippen molar-refractivity contribution in [1.82, 2.24) is 9.97 Å². The Bertz CT molecular complexity index is 599. The molecule has 1 atom stereocenters. The van der Waals surface area contributed by atoms with E-state index in [0.29, 0.717) is 12.2 Å². The summed E-state index contributed by atoms with van der Waals surface area (Å²) in [6, 6.07) is 9.67. The van der Waals surface area contributed by atoms with E-state index in [1.54, 1.807) is 6.20 Å². The number of ether oxygens (including phenoxy) is 1. The summed E-state index contributed by atoms with van der Waals surface area (Å²) in [5, 5.41) is 0. The van der Waals surface area contributed by atoms with Crippen LogP contribution in [0.5, 0.6) is 0 Å². The number of esters is 1. The van der Waals surface area contributed by atoms with Crippen LogP contribution in [0.4, 0.5) is 0 Å². The second-order valence-corrected chi connectivity index (χ2v) is 5.21. The van der Waals surface area contributed by atoms with E-state index in [2.05, 4.69) is 25.9 Å². The molecule has 0 spiro atoms. The molecule has 20 heavy (non-hydrogen) atoms. The Hall–Kier alpha value is -1.75. The minimum atomic E-state index is -0.421. The highest BCUT2D eigenvalue weighted by molar-refractivity contribution is 9.10. The van der Waals surface area contributed by atoms with E-state index < -0.39 is 5.92 Å². The lowest BCUT2D eigenvalue weighted by molar-refractivity contribution is -0.142. The lowest BCUT2D eigenvalue weighted by Crippen LogP contribution is -2.16. The van der Waals surface area contributed by atoms with Crippen molar-refractivity contribution in [3.05, 3.63) is 46.8 Å². The van der Waals surface area contributed by atoms with Crippen LogP contribution in [0, 0.1) is 0 Å². The summed E-state index contributed by atoms with van der Waals surface area (Å²) in [4.78, 5) is 20.4. The molecule has 4 nitrogen and oxygen atoms in total. The summed E-state index contributed by atoms with van der Waals surface area (Å²) in [6.45, 7) is 1.91. The molecule has 0 saturated carbocycles. The molecule has 0 saturated heterocycles. The molecule has 5 heteroatoms. The summed E-state index contributed by atoms with van der Waals surface area (Å²) >= 11 is 3.40. The molecule has 0 bridgehead atoms. The van der Waals surface area contributed by atoms with Gasteiger partial charge in [-0.1, -0.05) is 35.0 Å². The van der Waals surface area contributed by atoms with E-state index >= 15 is 0 Å². The summed E-state index contributed by atoms with van der Waals surface area (Å²) in [6.07, 6.45) is 2.28. The summed E-state index contributed by atoms with van der Waals surface area (Å²) in [7, 11) is 1.38. The molecule has 1 unspecified atom stereocenters. The molecule has 0 amide bonds. The standard InChI is InChI=1S/C15H15BrN2O2/c1-3-12(15(19)20-2)14-17-9-8-13(18-14)10-4-6-11(16)7-5-10/h4-9,12H,3H2,1-2H3. The summed E-state index contributed by atoms with van der Waals surface area (Å²) in [5.41, 5.74) is 1.78. The van der Waals surface area contributed by atoms with E-state index in [1.165, 1.54) is 7.11 Å². The van der Waals surface area contributed by atoms with Crippen LogP contribution in [-0.2, 0) is 9.53 Å². The van der Waals surface area contributed by atoms with Crippen LogP contribution < -0.4 is 0 Å². The van der Waals surface area contributed by atoms with E-state index in [1.807, 2.05) is 37.3 Å². The SMILES string of the molecule is CCC(C(=O)OC)c1nccc(-c2ccc(Br)cc2)n1. The molecule has 1 aromatic carbocycles. The van der Waals surface area contributed by atoms with Crippen molar-refractivity contribution in [2.45, 2.75) is 19.3 Å². The number of benzene rings is 1. The van der Waals surface area contributed by atoms with Gasteiger partial charge in [-0.2, -0.15) is 0 Å². The number of nitrogens with zero attached hydrogens (tertiary/aromatic N) is 2. The first kappa shape index (κ1) is 14.7. The average molecular weight is 335 g/mol. The Kier molecular flexibility index (Phi) is 4.84.